The summed E-state index contributed by atoms with van der Waals surface area (Å²) in [6.07, 6.45) is 4.87. The summed E-state index contributed by atoms with van der Waals surface area (Å²) in [6.45, 7) is 10.4. The zero-order valence-electron chi connectivity index (χ0n) is 16.2. The Labute approximate surface area is 156 Å². The lowest BCUT2D eigenvalue weighted by atomic mass is 10.0. The van der Waals surface area contributed by atoms with Crippen molar-refractivity contribution >= 4 is 16.8 Å². The highest BCUT2D eigenvalue weighted by atomic mass is 16.2. The number of aromatic nitrogens is 1. The van der Waals surface area contributed by atoms with Gasteiger partial charge in [-0.05, 0) is 77.2 Å². The van der Waals surface area contributed by atoms with Gasteiger partial charge in [0, 0.05) is 24.5 Å². The van der Waals surface area contributed by atoms with E-state index in [1.807, 2.05) is 17.9 Å². The minimum absolute atomic E-state index is 0.149. The van der Waals surface area contributed by atoms with Gasteiger partial charge < -0.3 is 9.80 Å². The van der Waals surface area contributed by atoms with E-state index in [0.29, 0.717) is 6.04 Å². The van der Waals surface area contributed by atoms with Crippen LogP contribution in [0.5, 0.6) is 0 Å². The third-order valence-electron chi connectivity index (χ3n) is 6.08. The Hall–Kier alpha value is -1.94. The van der Waals surface area contributed by atoms with Gasteiger partial charge in [-0.15, -0.1) is 0 Å². The number of piperidine rings is 1. The summed E-state index contributed by atoms with van der Waals surface area (Å²) in [5, 5.41) is 1.07. The maximum absolute atomic E-state index is 13.1. The highest BCUT2D eigenvalue weighted by molar-refractivity contribution is 5.99. The quantitative estimate of drug-likeness (QED) is 0.824. The largest absolute Gasteiger partial charge is 0.338 e. The molecule has 2 saturated heterocycles. The second-order valence-corrected chi connectivity index (χ2v) is 8.04. The monoisotopic (exact) mass is 351 g/mol. The van der Waals surface area contributed by atoms with Crippen LogP contribution in [-0.2, 0) is 0 Å². The van der Waals surface area contributed by atoms with Crippen LogP contribution in [0.15, 0.2) is 18.2 Å². The lowest BCUT2D eigenvalue weighted by Crippen LogP contribution is -2.46. The summed E-state index contributed by atoms with van der Waals surface area (Å²) >= 11 is 0. The van der Waals surface area contributed by atoms with Crippen LogP contribution in [0.25, 0.3) is 10.9 Å². The van der Waals surface area contributed by atoms with Crippen molar-refractivity contribution in [3.05, 3.63) is 40.6 Å². The van der Waals surface area contributed by atoms with E-state index in [1.54, 1.807) is 0 Å². The predicted molar refractivity (Wildman–Crippen MR) is 106 cm³/mol. The van der Waals surface area contributed by atoms with Crippen LogP contribution < -0.4 is 0 Å². The van der Waals surface area contributed by atoms with Gasteiger partial charge in [-0.25, -0.2) is 0 Å². The van der Waals surface area contributed by atoms with Crippen LogP contribution >= 0.6 is 0 Å². The Balaban J connectivity index is 1.54. The molecule has 4 nitrogen and oxygen atoms in total. The Morgan fingerprint density at radius 2 is 1.69 bits per heavy atom. The number of aryl methyl sites for hydroxylation is 3. The van der Waals surface area contributed by atoms with Gasteiger partial charge in [0.15, 0.2) is 0 Å². The molecule has 0 saturated carbocycles. The third-order valence-corrected chi connectivity index (χ3v) is 6.08. The number of nitrogens with zero attached hydrogens (tertiary/aromatic N) is 3. The molecule has 3 heterocycles. The van der Waals surface area contributed by atoms with Gasteiger partial charge in [0.05, 0.1) is 16.8 Å². The summed E-state index contributed by atoms with van der Waals surface area (Å²) in [7, 11) is 0. The van der Waals surface area contributed by atoms with E-state index in [1.165, 1.54) is 37.1 Å². The first-order chi connectivity index (χ1) is 12.5. The molecule has 4 rings (SSSR count). The van der Waals surface area contributed by atoms with Gasteiger partial charge in [-0.1, -0.05) is 11.6 Å². The molecule has 0 radical (unpaired) electrons. The van der Waals surface area contributed by atoms with E-state index in [-0.39, 0.29) is 5.91 Å². The molecule has 138 valence electrons. The number of carbonyl (C=O) groups is 1. The lowest BCUT2D eigenvalue weighted by molar-refractivity contribution is 0.0643. The average Bonchev–Trinajstić information content (AvgIpc) is 3.16. The van der Waals surface area contributed by atoms with E-state index < -0.39 is 0 Å². The first kappa shape index (κ1) is 17.5. The molecule has 2 fully saturated rings. The van der Waals surface area contributed by atoms with Gasteiger partial charge in [0.1, 0.15) is 0 Å². The zero-order valence-corrected chi connectivity index (χ0v) is 16.2. The minimum atomic E-state index is 0.149. The zero-order chi connectivity index (χ0) is 18.3. The van der Waals surface area contributed by atoms with Gasteiger partial charge in [0.25, 0.3) is 5.91 Å². The van der Waals surface area contributed by atoms with Crippen molar-refractivity contribution in [2.75, 3.05) is 26.2 Å². The van der Waals surface area contributed by atoms with Crippen LogP contribution in [0.4, 0.5) is 0 Å². The maximum atomic E-state index is 13.1. The number of hydrogen-bond donors (Lipinski definition) is 0. The van der Waals surface area contributed by atoms with Crippen molar-refractivity contribution in [1.29, 1.82) is 0 Å². The van der Waals surface area contributed by atoms with E-state index in [4.69, 9.17) is 4.98 Å². The number of pyridine rings is 1. The van der Waals surface area contributed by atoms with Crippen molar-refractivity contribution in [2.24, 2.45) is 0 Å². The van der Waals surface area contributed by atoms with Crippen molar-refractivity contribution < 1.29 is 4.79 Å². The van der Waals surface area contributed by atoms with Crippen LogP contribution in [0.2, 0.25) is 0 Å². The second kappa shape index (κ2) is 6.99. The SMILES string of the molecule is Cc1cc(C)c2nc(C)c(C(=O)N3CCC(N4CCCC4)CC3)cc2c1. The van der Waals surface area contributed by atoms with Gasteiger partial charge in [-0.3, -0.25) is 9.78 Å². The number of rotatable bonds is 2. The minimum Gasteiger partial charge on any atom is -0.338 e. The van der Waals surface area contributed by atoms with Crippen molar-refractivity contribution in [3.63, 3.8) is 0 Å². The molecule has 0 atom stereocenters. The molecular weight excluding hydrogens is 322 g/mol. The van der Waals surface area contributed by atoms with Gasteiger partial charge in [-0.2, -0.15) is 0 Å². The fraction of sp³-hybridized carbons (Fsp3) is 0.545. The molecule has 2 aliphatic rings. The number of hydrogen-bond acceptors (Lipinski definition) is 3. The number of fused-ring (bicyclic) bond motifs is 1. The van der Waals surface area contributed by atoms with Crippen molar-refractivity contribution in [2.45, 2.75) is 52.5 Å². The Morgan fingerprint density at radius 1 is 1.00 bits per heavy atom. The highest BCUT2D eigenvalue weighted by Crippen LogP contribution is 2.25. The number of benzene rings is 1. The smallest absolute Gasteiger partial charge is 0.255 e. The first-order valence-corrected chi connectivity index (χ1v) is 9.95. The van der Waals surface area contributed by atoms with E-state index in [2.05, 4.69) is 30.9 Å². The molecule has 26 heavy (non-hydrogen) atoms. The molecule has 0 N–H and O–H groups in total. The first-order valence-electron chi connectivity index (χ1n) is 9.95. The van der Waals surface area contributed by atoms with E-state index >= 15 is 0 Å². The maximum Gasteiger partial charge on any atom is 0.255 e. The molecule has 0 spiro atoms. The summed E-state index contributed by atoms with van der Waals surface area (Å²) in [5.41, 5.74) is 5.01. The van der Waals surface area contributed by atoms with Crippen LogP contribution in [0, 0.1) is 20.8 Å². The fourth-order valence-corrected chi connectivity index (χ4v) is 4.67. The van der Waals surface area contributed by atoms with E-state index in [9.17, 15) is 4.79 Å². The number of amides is 1. The average molecular weight is 351 g/mol. The molecule has 0 unspecified atom stereocenters. The Kier molecular flexibility index (Phi) is 4.70. The van der Waals surface area contributed by atoms with Crippen LogP contribution in [0.1, 0.15) is 52.9 Å². The summed E-state index contributed by atoms with van der Waals surface area (Å²) in [5.74, 6) is 0.149. The molecule has 2 aliphatic heterocycles. The summed E-state index contributed by atoms with van der Waals surface area (Å²) in [4.78, 5) is 22.5. The normalized spacial score (nSPS) is 19.4. The standard InChI is InChI=1S/C22H29N3O/c1-15-12-16(2)21-18(13-15)14-20(17(3)23-21)22(26)25-10-6-19(7-11-25)24-8-4-5-9-24/h12-14,19H,4-11H2,1-3H3. The molecule has 1 amide bonds. The van der Waals surface area contributed by atoms with Gasteiger partial charge >= 0.3 is 0 Å². The van der Waals surface area contributed by atoms with E-state index in [0.717, 1.165) is 48.1 Å². The summed E-state index contributed by atoms with van der Waals surface area (Å²) in [6, 6.07) is 7.00. The topological polar surface area (TPSA) is 36.4 Å². The van der Waals surface area contributed by atoms with Crippen LogP contribution in [0.3, 0.4) is 0 Å². The molecule has 0 bridgehead atoms. The molecular formula is C22H29N3O. The molecule has 0 aliphatic carbocycles. The number of likely N-dealkylation sites (tertiary alicyclic amines) is 2. The predicted octanol–water partition coefficient (Wildman–Crippen LogP) is 3.86. The molecule has 4 heteroatoms. The van der Waals surface area contributed by atoms with Crippen molar-refractivity contribution in [3.8, 4) is 0 Å². The van der Waals surface area contributed by atoms with Gasteiger partial charge in [0.2, 0.25) is 0 Å². The highest BCUT2D eigenvalue weighted by Gasteiger charge is 2.29. The fourth-order valence-electron chi connectivity index (χ4n) is 4.67. The number of carbonyl (C=O) groups excluding carboxylic acids is 1. The van der Waals surface area contributed by atoms with Crippen molar-refractivity contribution in [1.82, 2.24) is 14.8 Å². The summed E-state index contributed by atoms with van der Waals surface area (Å²) < 4.78 is 0. The molecule has 1 aromatic carbocycles. The Morgan fingerprint density at radius 3 is 2.38 bits per heavy atom. The Bertz CT molecular complexity index is 831. The second-order valence-electron chi connectivity index (χ2n) is 8.04. The molecule has 2 aromatic rings. The lowest BCUT2D eigenvalue weighted by Gasteiger charge is -2.36. The third kappa shape index (κ3) is 3.23. The van der Waals surface area contributed by atoms with Crippen LogP contribution in [-0.4, -0.2) is 52.9 Å². The molecule has 1 aromatic heterocycles.